The summed E-state index contributed by atoms with van der Waals surface area (Å²) in [5, 5.41) is 4.69. The Morgan fingerprint density at radius 2 is 1.61 bits per heavy atom. The van der Waals surface area contributed by atoms with Gasteiger partial charge in [0.15, 0.2) is 11.6 Å². The van der Waals surface area contributed by atoms with Crippen molar-refractivity contribution in [3.63, 3.8) is 0 Å². The van der Waals surface area contributed by atoms with E-state index < -0.39 is 0 Å². The molecular weight excluding hydrogens is 416 g/mol. The highest BCUT2D eigenvalue weighted by atomic mass is 16.5. The SMILES string of the molecule is Cc1noc2nc(-c3ccccc3)cc(C(=O)N3CCN(C)c4nc5ccccc5nc43)c12. The van der Waals surface area contributed by atoms with Crippen molar-refractivity contribution < 1.29 is 9.32 Å². The highest BCUT2D eigenvalue weighted by Crippen LogP contribution is 2.34. The summed E-state index contributed by atoms with van der Waals surface area (Å²) in [6.07, 6.45) is 0. The van der Waals surface area contributed by atoms with Gasteiger partial charge in [0.25, 0.3) is 11.6 Å². The first-order valence-corrected chi connectivity index (χ1v) is 10.7. The third kappa shape index (κ3) is 3.10. The van der Waals surface area contributed by atoms with Crippen molar-refractivity contribution in [2.45, 2.75) is 6.92 Å². The molecule has 0 radical (unpaired) electrons. The standard InChI is InChI=1S/C25H20N6O2/c1-15-21-17(14-20(28-24(21)33-29-15)16-8-4-3-5-9-16)25(32)31-13-12-30(2)22-23(31)27-19-11-7-6-10-18(19)26-22/h3-11,14H,12-13H2,1-2H3. The molecule has 1 aliphatic rings. The monoisotopic (exact) mass is 436 g/mol. The van der Waals surface area contributed by atoms with Crippen LogP contribution in [0.5, 0.6) is 0 Å². The van der Waals surface area contributed by atoms with Crippen LogP contribution in [0.3, 0.4) is 0 Å². The Morgan fingerprint density at radius 1 is 0.909 bits per heavy atom. The summed E-state index contributed by atoms with van der Waals surface area (Å²) >= 11 is 0. The van der Waals surface area contributed by atoms with Gasteiger partial charge in [-0.05, 0) is 25.1 Å². The predicted octanol–water partition coefficient (Wildman–Crippen LogP) is 4.24. The van der Waals surface area contributed by atoms with E-state index in [4.69, 9.17) is 14.5 Å². The Hall–Kier alpha value is -4.33. The molecule has 0 bridgehead atoms. The zero-order valence-corrected chi connectivity index (χ0v) is 18.2. The van der Waals surface area contributed by atoms with E-state index in [1.165, 1.54) is 0 Å². The van der Waals surface area contributed by atoms with Gasteiger partial charge in [-0.25, -0.2) is 15.0 Å². The third-order valence-electron chi connectivity index (χ3n) is 5.97. The maximum Gasteiger partial charge on any atom is 0.260 e. The minimum absolute atomic E-state index is 0.176. The molecule has 0 spiro atoms. The van der Waals surface area contributed by atoms with Crippen LogP contribution >= 0.6 is 0 Å². The number of nitrogens with zero attached hydrogens (tertiary/aromatic N) is 6. The molecule has 8 nitrogen and oxygen atoms in total. The second-order valence-electron chi connectivity index (χ2n) is 8.11. The van der Waals surface area contributed by atoms with Gasteiger partial charge < -0.3 is 9.42 Å². The summed E-state index contributed by atoms with van der Waals surface area (Å²) in [7, 11) is 1.96. The van der Waals surface area contributed by atoms with Gasteiger partial charge in [-0.2, -0.15) is 0 Å². The van der Waals surface area contributed by atoms with Crippen molar-refractivity contribution in [2.75, 3.05) is 29.9 Å². The summed E-state index contributed by atoms with van der Waals surface area (Å²) in [6, 6.07) is 19.2. The van der Waals surface area contributed by atoms with E-state index in [9.17, 15) is 4.79 Å². The second-order valence-corrected chi connectivity index (χ2v) is 8.11. The van der Waals surface area contributed by atoms with Crippen LogP contribution in [-0.2, 0) is 0 Å². The van der Waals surface area contributed by atoms with E-state index >= 15 is 0 Å². The van der Waals surface area contributed by atoms with E-state index in [-0.39, 0.29) is 5.91 Å². The highest BCUT2D eigenvalue weighted by Gasteiger charge is 2.31. The number of aryl methyl sites for hydroxylation is 1. The fraction of sp³-hybridized carbons (Fsp3) is 0.160. The maximum absolute atomic E-state index is 14.0. The average Bonchev–Trinajstić information content (AvgIpc) is 3.23. The summed E-state index contributed by atoms with van der Waals surface area (Å²) in [6.45, 7) is 2.95. The molecule has 0 N–H and O–H groups in total. The number of likely N-dealkylation sites (N-methyl/N-ethyl adjacent to an activating group) is 1. The zero-order chi connectivity index (χ0) is 22.5. The first-order chi connectivity index (χ1) is 16.1. The number of amides is 1. The lowest BCUT2D eigenvalue weighted by Crippen LogP contribution is -2.44. The van der Waals surface area contributed by atoms with Crippen molar-refractivity contribution in [1.82, 2.24) is 20.1 Å². The molecule has 0 fully saturated rings. The van der Waals surface area contributed by atoms with Gasteiger partial charge in [-0.15, -0.1) is 0 Å². The van der Waals surface area contributed by atoms with Gasteiger partial charge in [0.05, 0.1) is 33.4 Å². The van der Waals surface area contributed by atoms with Crippen molar-refractivity contribution in [2.24, 2.45) is 0 Å². The van der Waals surface area contributed by atoms with Crippen LogP contribution < -0.4 is 9.80 Å². The third-order valence-corrected chi connectivity index (χ3v) is 5.97. The quantitative estimate of drug-likeness (QED) is 0.409. The lowest BCUT2D eigenvalue weighted by molar-refractivity contribution is 0.0987. The Labute approximate surface area is 189 Å². The maximum atomic E-state index is 14.0. The molecule has 1 amide bonds. The number of carbonyl (C=O) groups is 1. The van der Waals surface area contributed by atoms with E-state index in [0.29, 0.717) is 52.8 Å². The first kappa shape index (κ1) is 19.4. The number of benzene rings is 2. The molecule has 4 heterocycles. The van der Waals surface area contributed by atoms with Crippen LogP contribution in [0.4, 0.5) is 11.6 Å². The number of fused-ring (bicyclic) bond motifs is 3. The molecule has 0 saturated carbocycles. The number of hydrogen-bond acceptors (Lipinski definition) is 7. The number of para-hydroxylation sites is 2. The molecule has 8 heteroatoms. The Balaban J connectivity index is 1.53. The molecule has 0 atom stereocenters. The van der Waals surface area contributed by atoms with Crippen LogP contribution in [0.1, 0.15) is 16.1 Å². The minimum atomic E-state index is -0.176. The minimum Gasteiger partial charge on any atom is -0.355 e. The van der Waals surface area contributed by atoms with Gasteiger partial charge in [-0.3, -0.25) is 9.69 Å². The lowest BCUT2D eigenvalue weighted by Gasteiger charge is -2.33. The van der Waals surface area contributed by atoms with Crippen LogP contribution in [0.25, 0.3) is 33.4 Å². The van der Waals surface area contributed by atoms with Crippen LogP contribution in [0, 0.1) is 6.92 Å². The zero-order valence-electron chi connectivity index (χ0n) is 18.2. The van der Waals surface area contributed by atoms with Crippen LogP contribution in [0.2, 0.25) is 0 Å². The van der Waals surface area contributed by atoms with Crippen LogP contribution in [-0.4, -0.2) is 46.2 Å². The number of anilines is 2. The van der Waals surface area contributed by atoms with Crippen molar-refractivity contribution in [1.29, 1.82) is 0 Å². The summed E-state index contributed by atoms with van der Waals surface area (Å²) in [5.41, 5.74) is 4.55. The lowest BCUT2D eigenvalue weighted by atomic mass is 10.0. The molecule has 1 aliphatic heterocycles. The molecule has 6 rings (SSSR count). The second kappa shape index (κ2) is 7.37. The number of hydrogen-bond donors (Lipinski definition) is 0. The van der Waals surface area contributed by atoms with E-state index in [0.717, 1.165) is 16.6 Å². The molecule has 0 unspecified atom stereocenters. The van der Waals surface area contributed by atoms with Crippen molar-refractivity contribution in [3.8, 4) is 11.3 Å². The Morgan fingerprint density at radius 3 is 2.36 bits per heavy atom. The fourth-order valence-corrected chi connectivity index (χ4v) is 4.24. The van der Waals surface area contributed by atoms with Gasteiger partial charge >= 0.3 is 0 Å². The van der Waals surface area contributed by atoms with Gasteiger partial charge in [0, 0.05) is 25.7 Å². The summed E-state index contributed by atoms with van der Waals surface area (Å²) in [5.74, 6) is 1.06. The van der Waals surface area contributed by atoms with Crippen LogP contribution in [0.15, 0.2) is 65.2 Å². The largest absolute Gasteiger partial charge is 0.355 e. The van der Waals surface area contributed by atoms with E-state index in [1.807, 2.05) is 79.5 Å². The van der Waals surface area contributed by atoms with Crippen molar-refractivity contribution in [3.05, 3.63) is 71.9 Å². The molecule has 0 saturated heterocycles. The molecule has 0 aliphatic carbocycles. The topological polar surface area (TPSA) is 88.3 Å². The Bertz CT molecular complexity index is 1530. The normalized spacial score (nSPS) is 13.5. The van der Waals surface area contributed by atoms with Gasteiger partial charge in [0.2, 0.25) is 0 Å². The van der Waals surface area contributed by atoms with Gasteiger partial charge in [-0.1, -0.05) is 47.6 Å². The molecule has 5 aromatic rings. The van der Waals surface area contributed by atoms with E-state index in [1.54, 1.807) is 4.90 Å². The van der Waals surface area contributed by atoms with E-state index in [2.05, 4.69) is 10.1 Å². The predicted molar refractivity (Wildman–Crippen MR) is 126 cm³/mol. The summed E-state index contributed by atoms with van der Waals surface area (Å²) < 4.78 is 5.47. The summed E-state index contributed by atoms with van der Waals surface area (Å²) in [4.78, 5) is 31.9. The highest BCUT2D eigenvalue weighted by molar-refractivity contribution is 6.15. The molecule has 3 aromatic heterocycles. The van der Waals surface area contributed by atoms with Crippen molar-refractivity contribution >= 4 is 39.7 Å². The molecular formula is C25H20N6O2. The number of rotatable bonds is 2. The first-order valence-electron chi connectivity index (χ1n) is 10.7. The number of aromatic nitrogens is 4. The smallest absolute Gasteiger partial charge is 0.260 e. The average molecular weight is 436 g/mol. The fourth-order valence-electron chi connectivity index (χ4n) is 4.24. The molecule has 2 aromatic carbocycles. The Kier molecular flexibility index (Phi) is 4.33. The molecule has 33 heavy (non-hydrogen) atoms. The molecule has 162 valence electrons. The number of carbonyl (C=O) groups excluding carboxylic acids is 1. The number of pyridine rings is 1. The van der Waals surface area contributed by atoms with Gasteiger partial charge in [0.1, 0.15) is 0 Å².